The monoisotopic (exact) mass is 511 g/mol. The normalized spacial score (nSPS) is 14.6. The predicted octanol–water partition coefficient (Wildman–Crippen LogP) is 1.79. The summed E-state index contributed by atoms with van der Waals surface area (Å²) in [4.78, 5) is 23.4. The number of halogens is 1. The zero-order chi connectivity index (χ0) is 19.9. The molecule has 1 aromatic carbocycles. The number of hydrogen-bond acceptors (Lipinski definition) is 4. The zero-order valence-electron chi connectivity index (χ0n) is 17.3. The summed E-state index contributed by atoms with van der Waals surface area (Å²) in [6.45, 7) is 5.95. The summed E-state index contributed by atoms with van der Waals surface area (Å²) in [5.41, 5.74) is 2.02. The molecule has 0 aliphatic carbocycles. The summed E-state index contributed by atoms with van der Waals surface area (Å²) in [6, 6.07) is 10.3. The fourth-order valence-corrected chi connectivity index (χ4v) is 3.22. The molecule has 158 valence electrons. The van der Waals surface area contributed by atoms with Crippen molar-refractivity contribution in [3.63, 3.8) is 0 Å². The van der Waals surface area contributed by atoms with Gasteiger partial charge in [-0.05, 0) is 19.1 Å². The number of nitrogens with zero attached hydrogens (tertiary/aromatic N) is 6. The van der Waals surface area contributed by atoms with Crippen molar-refractivity contribution in [2.45, 2.75) is 6.92 Å². The highest BCUT2D eigenvalue weighted by molar-refractivity contribution is 14.0. The Morgan fingerprint density at radius 1 is 1.28 bits per heavy atom. The molecule has 0 atom stereocenters. The van der Waals surface area contributed by atoms with Gasteiger partial charge in [-0.3, -0.25) is 14.5 Å². The van der Waals surface area contributed by atoms with Crippen LogP contribution in [0.25, 0.3) is 0 Å². The number of likely N-dealkylation sites (N-methyl/N-ethyl adjacent to an activating group) is 1. The third-order valence-electron chi connectivity index (χ3n) is 4.75. The fraction of sp³-hybridized carbons (Fsp3) is 0.450. The van der Waals surface area contributed by atoms with E-state index in [1.54, 1.807) is 15.8 Å². The van der Waals surface area contributed by atoms with Gasteiger partial charge in [-0.25, -0.2) is 0 Å². The molecule has 2 heterocycles. The first-order chi connectivity index (χ1) is 13.6. The first-order valence-electron chi connectivity index (χ1n) is 9.67. The third kappa shape index (κ3) is 6.09. The van der Waals surface area contributed by atoms with Gasteiger partial charge in [0.15, 0.2) is 5.96 Å². The molecule has 2 aromatic rings. The molecule has 0 spiro atoms. The standard InChI is InChI=1S/C20H29N7O.HI/c1-4-21-20(22-10-11-24(2)17-8-6-5-7-9-17)26-12-13-27(19(28)16-26)18-14-23-25(3)15-18;/h5-9,14-15H,4,10-13,16H2,1-3H3,(H,21,22);1H. The second-order valence-corrected chi connectivity index (χ2v) is 6.83. The number of carbonyl (C=O) groups excluding carboxylic acids is 1. The number of anilines is 2. The Hall–Kier alpha value is -2.30. The summed E-state index contributed by atoms with van der Waals surface area (Å²) in [5, 5.41) is 7.48. The van der Waals surface area contributed by atoms with Crippen molar-refractivity contribution < 1.29 is 4.79 Å². The van der Waals surface area contributed by atoms with Gasteiger partial charge in [-0.1, -0.05) is 18.2 Å². The number of nitrogens with one attached hydrogen (secondary N) is 1. The molecule has 1 aliphatic heterocycles. The van der Waals surface area contributed by atoms with Crippen LogP contribution in [0, 0.1) is 0 Å². The van der Waals surface area contributed by atoms with Crippen LogP contribution in [0.5, 0.6) is 0 Å². The SMILES string of the molecule is CCNC(=NCCN(C)c1ccccc1)N1CCN(c2cnn(C)c2)C(=O)C1.I. The minimum Gasteiger partial charge on any atom is -0.373 e. The Morgan fingerprint density at radius 2 is 2.03 bits per heavy atom. The molecule has 8 nitrogen and oxygen atoms in total. The van der Waals surface area contributed by atoms with Gasteiger partial charge in [0, 0.05) is 52.2 Å². The zero-order valence-corrected chi connectivity index (χ0v) is 19.6. The largest absolute Gasteiger partial charge is 0.373 e. The van der Waals surface area contributed by atoms with Gasteiger partial charge in [-0.2, -0.15) is 5.10 Å². The van der Waals surface area contributed by atoms with E-state index in [0.29, 0.717) is 19.6 Å². The molecule has 1 aliphatic rings. The Kier molecular flexibility index (Phi) is 8.74. The van der Waals surface area contributed by atoms with Crippen molar-refractivity contribution in [3.8, 4) is 0 Å². The summed E-state index contributed by atoms with van der Waals surface area (Å²) in [5.74, 6) is 0.856. The molecule has 3 rings (SSSR count). The average Bonchev–Trinajstić information content (AvgIpc) is 3.13. The lowest BCUT2D eigenvalue weighted by Crippen LogP contribution is -2.55. The molecule has 0 radical (unpaired) electrons. The second kappa shape index (κ2) is 11.0. The van der Waals surface area contributed by atoms with E-state index < -0.39 is 0 Å². The van der Waals surface area contributed by atoms with Gasteiger partial charge in [0.1, 0.15) is 6.54 Å². The molecule has 0 bridgehead atoms. The van der Waals surface area contributed by atoms with Crippen molar-refractivity contribution >= 4 is 47.2 Å². The number of aryl methyl sites for hydroxylation is 1. The molecule has 1 amide bonds. The van der Waals surface area contributed by atoms with Crippen molar-refractivity contribution in [2.75, 3.05) is 56.1 Å². The highest BCUT2D eigenvalue weighted by Gasteiger charge is 2.27. The third-order valence-corrected chi connectivity index (χ3v) is 4.75. The van der Waals surface area contributed by atoms with Gasteiger partial charge >= 0.3 is 0 Å². The first-order valence-corrected chi connectivity index (χ1v) is 9.67. The van der Waals surface area contributed by atoms with E-state index in [9.17, 15) is 4.79 Å². The Morgan fingerprint density at radius 3 is 2.66 bits per heavy atom. The molecule has 1 fully saturated rings. The molecule has 1 aromatic heterocycles. The van der Waals surface area contributed by atoms with E-state index in [4.69, 9.17) is 4.99 Å². The summed E-state index contributed by atoms with van der Waals surface area (Å²) >= 11 is 0. The molecule has 9 heteroatoms. The molecule has 29 heavy (non-hydrogen) atoms. The summed E-state index contributed by atoms with van der Waals surface area (Å²) in [6.07, 6.45) is 3.60. The van der Waals surface area contributed by atoms with E-state index in [2.05, 4.69) is 34.5 Å². The van der Waals surface area contributed by atoms with Crippen molar-refractivity contribution in [2.24, 2.45) is 12.0 Å². The number of hydrogen-bond donors (Lipinski definition) is 1. The smallest absolute Gasteiger partial charge is 0.246 e. The summed E-state index contributed by atoms with van der Waals surface area (Å²) < 4.78 is 1.71. The lowest BCUT2D eigenvalue weighted by atomic mass is 10.3. The number of aromatic nitrogens is 2. The minimum atomic E-state index is 0. The quantitative estimate of drug-likeness (QED) is 0.364. The topological polar surface area (TPSA) is 69.0 Å². The van der Waals surface area contributed by atoms with Gasteiger partial charge in [0.2, 0.25) is 5.91 Å². The molecule has 1 saturated heterocycles. The lowest BCUT2D eigenvalue weighted by molar-refractivity contribution is -0.120. The van der Waals surface area contributed by atoms with Crippen LogP contribution in [0.4, 0.5) is 11.4 Å². The number of piperazine rings is 1. The first kappa shape index (κ1) is 23.0. The lowest BCUT2D eigenvalue weighted by Gasteiger charge is -2.35. The van der Waals surface area contributed by atoms with E-state index in [1.165, 1.54) is 5.69 Å². The van der Waals surface area contributed by atoms with Crippen LogP contribution in [-0.2, 0) is 11.8 Å². The van der Waals surface area contributed by atoms with Crippen LogP contribution in [0.2, 0.25) is 0 Å². The van der Waals surface area contributed by atoms with E-state index in [-0.39, 0.29) is 29.9 Å². The number of carbonyl (C=O) groups is 1. The highest BCUT2D eigenvalue weighted by atomic mass is 127. The van der Waals surface area contributed by atoms with Crippen LogP contribution in [0.3, 0.4) is 0 Å². The van der Waals surface area contributed by atoms with Gasteiger partial charge in [-0.15, -0.1) is 24.0 Å². The predicted molar refractivity (Wildman–Crippen MR) is 128 cm³/mol. The van der Waals surface area contributed by atoms with Gasteiger partial charge in [0.05, 0.1) is 18.4 Å². The maximum absolute atomic E-state index is 12.6. The molecular formula is C20H30IN7O. The van der Waals surface area contributed by atoms with Crippen LogP contribution < -0.4 is 15.1 Å². The maximum Gasteiger partial charge on any atom is 0.246 e. The number of guanidine groups is 1. The van der Waals surface area contributed by atoms with E-state index >= 15 is 0 Å². The van der Waals surface area contributed by atoms with Crippen LogP contribution in [0.1, 0.15) is 6.92 Å². The number of para-hydroxylation sites is 1. The molecule has 1 N–H and O–H groups in total. The second-order valence-electron chi connectivity index (χ2n) is 6.83. The number of rotatable bonds is 6. The van der Waals surface area contributed by atoms with E-state index in [0.717, 1.165) is 31.3 Å². The van der Waals surface area contributed by atoms with Crippen LogP contribution in [0.15, 0.2) is 47.7 Å². The number of aliphatic imine (C=N–C) groups is 1. The highest BCUT2D eigenvalue weighted by Crippen LogP contribution is 2.16. The number of amides is 1. The van der Waals surface area contributed by atoms with Crippen molar-refractivity contribution in [3.05, 3.63) is 42.7 Å². The average molecular weight is 511 g/mol. The minimum absolute atomic E-state index is 0. The van der Waals surface area contributed by atoms with Crippen molar-refractivity contribution in [1.29, 1.82) is 0 Å². The van der Waals surface area contributed by atoms with Crippen LogP contribution in [-0.4, -0.2) is 72.9 Å². The van der Waals surface area contributed by atoms with E-state index in [1.807, 2.05) is 43.3 Å². The van der Waals surface area contributed by atoms with Gasteiger partial charge < -0.3 is 20.0 Å². The fourth-order valence-electron chi connectivity index (χ4n) is 3.22. The Balaban J connectivity index is 0.00000300. The van der Waals surface area contributed by atoms with Crippen LogP contribution >= 0.6 is 24.0 Å². The Bertz CT molecular complexity index is 808. The molecular weight excluding hydrogens is 481 g/mol. The maximum atomic E-state index is 12.6. The molecule has 0 saturated carbocycles. The Labute approximate surface area is 189 Å². The number of benzene rings is 1. The molecule has 0 unspecified atom stereocenters. The summed E-state index contributed by atoms with van der Waals surface area (Å²) in [7, 11) is 3.92. The van der Waals surface area contributed by atoms with Gasteiger partial charge in [0.25, 0.3) is 0 Å². The van der Waals surface area contributed by atoms with Crippen molar-refractivity contribution in [1.82, 2.24) is 20.0 Å².